The van der Waals surface area contributed by atoms with Gasteiger partial charge >= 0.3 is 0 Å². The molecular weight excluding hydrogens is 202 g/mol. The normalized spacial score (nSPS) is 21.3. The van der Waals surface area contributed by atoms with Gasteiger partial charge in [0.15, 0.2) is 0 Å². The Kier molecular flexibility index (Phi) is 2.42. The second-order valence-corrected chi connectivity index (χ2v) is 4.34. The summed E-state index contributed by atoms with van der Waals surface area (Å²) in [7, 11) is 0. The Labute approximate surface area is 94.9 Å². The van der Waals surface area contributed by atoms with E-state index in [1.165, 1.54) is 0 Å². The minimum Gasteiger partial charge on any atom is -0.411 e. The Balaban J connectivity index is 2.46. The summed E-state index contributed by atoms with van der Waals surface area (Å²) in [5.74, 6) is 0. The van der Waals surface area contributed by atoms with Crippen LogP contribution < -0.4 is 5.01 Å². The molecule has 0 radical (unpaired) electrons. The third-order valence-corrected chi connectivity index (χ3v) is 2.80. The van der Waals surface area contributed by atoms with Gasteiger partial charge in [-0.05, 0) is 32.9 Å². The van der Waals surface area contributed by atoms with E-state index in [-0.39, 0.29) is 0 Å². The molecule has 2 rings (SSSR count). The summed E-state index contributed by atoms with van der Waals surface area (Å²) in [6.45, 7) is 5.81. The first-order chi connectivity index (χ1) is 7.57. The lowest BCUT2D eigenvalue weighted by Crippen LogP contribution is -2.43. The van der Waals surface area contributed by atoms with E-state index in [0.29, 0.717) is 5.71 Å². The molecule has 0 saturated carbocycles. The number of oxime groups is 1. The van der Waals surface area contributed by atoms with E-state index in [2.05, 4.69) is 10.3 Å². The third kappa shape index (κ3) is 1.46. The van der Waals surface area contributed by atoms with Gasteiger partial charge in [-0.15, -0.1) is 0 Å². The van der Waals surface area contributed by atoms with Gasteiger partial charge in [0.05, 0.1) is 11.4 Å². The molecular formula is C12H15N3O. The quantitative estimate of drug-likeness (QED) is 0.580. The van der Waals surface area contributed by atoms with E-state index < -0.39 is 5.54 Å². The maximum atomic E-state index is 9.02. The monoisotopic (exact) mass is 217 g/mol. The molecule has 16 heavy (non-hydrogen) atoms. The molecule has 1 aromatic carbocycles. The highest BCUT2D eigenvalue weighted by Gasteiger charge is 2.40. The summed E-state index contributed by atoms with van der Waals surface area (Å²) in [5, 5.41) is 18.7. The molecule has 0 bridgehead atoms. The van der Waals surface area contributed by atoms with Gasteiger partial charge in [-0.25, -0.2) is 0 Å². The van der Waals surface area contributed by atoms with Crippen LogP contribution in [0.1, 0.15) is 20.8 Å². The number of rotatable bonds is 1. The predicted molar refractivity (Wildman–Crippen MR) is 65.3 cm³/mol. The van der Waals surface area contributed by atoms with Crippen LogP contribution in [0.15, 0.2) is 40.6 Å². The maximum absolute atomic E-state index is 9.02. The highest BCUT2D eigenvalue weighted by Crippen LogP contribution is 2.30. The summed E-state index contributed by atoms with van der Waals surface area (Å²) in [4.78, 5) is 0. The van der Waals surface area contributed by atoms with Crippen molar-refractivity contribution in [2.45, 2.75) is 26.3 Å². The van der Waals surface area contributed by atoms with Crippen molar-refractivity contribution in [3.8, 4) is 0 Å². The number of benzene rings is 1. The molecule has 1 aromatic rings. The first kappa shape index (κ1) is 10.7. The standard InChI is InChI=1S/C12H15N3O/c1-9-11(14-16)12(2,3)15(13-9)10-7-5-4-6-8-10/h4-8,16H,1-3H3/b14-11-. The molecule has 0 aliphatic carbocycles. The molecule has 0 amide bonds. The molecule has 0 unspecified atom stereocenters. The SMILES string of the molecule is CC1=NN(c2ccccc2)C(C)(C)/C1=N\O. The van der Waals surface area contributed by atoms with Crippen LogP contribution in [0, 0.1) is 0 Å². The maximum Gasteiger partial charge on any atom is 0.130 e. The molecule has 1 aliphatic heterocycles. The molecule has 0 fully saturated rings. The largest absolute Gasteiger partial charge is 0.411 e. The summed E-state index contributed by atoms with van der Waals surface area (Å²) in [6, 6.07) is 9.86. The van der Waals surface area contributed by atoms with Crippen molar-refractivity contribution in [2.75, 3.05) is 5.01 Å². The van der Waals surface area contributed by atoms with Crippen LogP contribution >= 0.6 is 0 Å². The summed E-state index contributed by atoms with van der Waals surface area (Å²) < 4.78 is 0. The van der Waals surface area contributed by atoms with Gasteiger partial charge in [0.2, 0.25) is 0 Å². The summed E-state index contributed by atoms with van der Waals surface area (Å²) >= 11 is 0. The van der Waals surface area contributed by atoms with Crippen molar-refractivity contribution in [1.82, 2.24) is 0 Å². The Morgan fingerprint density at radius 2 is 1.88 bits per heavy atom. The number of hydrogen-bond acceptors (Lipinski definition) is 4. The Bertz CT molecular complexity index is 449. The second kappa shape index (κ2) is 3.63. The zero-order chi connectivity index (χ0) is 11.8. The van der Waals surface area contributed by atoms with Gasteiger partial charge in [0.1, 0.15) is 11.3 Å². The molecule has 84 valence electrons. The van der Waals surface area contributed by atoms with Gasteiger partial charge in [-0.1, -0.05) is 23.4 Å². The van der Waals surface area contributed by atoms with Crippen LogP contribution in [0.5, 0.6) is 0 Å². The van der Waals surface area contributed by atoms with E-state index in [0.717, 1.165) is 11.4 Å². The van der Waals surface area contributed by atoms with Gasteiger partial charge in [0, 0.05) is 0 Å². The number of anilines is 1. The van der Waals surface area contributed by atoms with Crippen molar-refractivity contribution >= 4 is 17.1 Å². The lowest BCUT2D eigenvalue weighted by Gasteiger charge is -2.30. The van der Waals surface area contributed by atoms with Gasteiger partial charge in [0.25, 0.3) is 0 Å². The van der Waals surface area contributed by atoms with Crippen molar-refractivity contribution < 1.29 is 5.21 Å². The zero-order valence-corrected chi connectivity index (χ0v) is 9.68. The fraction of sp³-hybridized carbons (Fsp3) is 0.333. The third-order valence-electron chi connectivity index (χ3n) is 2.80. The van der Waals surface area contributed by atoms with Gasteiger partial charge < -0.3 is 5.21 Å². The van der Waals surface area contributed by atoms with E-state index in [1.54, 1.807) is 0 Å². The molecule has 4 nitrogen and oxygen atoms in total. The molecule has 0 saturated heterocycles. The van der Waals surface area contributed by atoms with Crippen molar-refractivity contribution in [3.63, 3.8) is 0 Å². The molecule has 0 aromatic heterocycles. The Morgan fingerprint density at radius 1 is 1.25 bits per heavy atom. The van der Waals surface area contributed by atoms with Crippen LogP contribution in [0.25, 0.3) is 0 Å². The first-order valence-corrected chi connectivity index (χ1v) is 5.21. The van der Waals surface area contributed by atoms with Gasteiger partial charge in [-0.3, -0.25) is 5.01 Å². The van der Waals surface area contributed by atoms with Gasteiger partial charge in [-0.2, -0.15) is 5.10 Å². The zero-order valence-electron chi connectivity index (χ0n) is 9.68. The minimum absolute atomic E-state index is 0.416. The Hall–Kier alpha value is -1.84. The second-order valence-electron chi connectivity index (χ2n) is 4.34. The topological polar surface area (TPSA) is 48.2 Å². The predicted octanol–water partition coefficient (Wildman–Crippen LogP) is 2.49. The van der Waals surface area contributed by atoms with Crippen LogP contribution in [-0.2, 0) is 0 Å². The van der Waals surface area contributed by atoms with Crippen molar-refractivity contribution in [3.05, 3.63) is 30.3 Å². The number of hydrogen-bond donors (Lipinski definition) is 1. The first-order valence-electron chi connectivity index (χ1n) is 5.21. The molecule has 1 aliphatic rings. The van der Waals surface area contributed by atoms with E-state index >= 15 is 0 Å². The van der Waals surface area contributed by atoms with E-state index in [4.69, 9.17) is 5.21 Å². The molecule has 1 N–H and O–H groups in total. The lowest BCUT2D eigenvalue weighted by molar-refractivity contribution is 0.316. The molecule has 0 atom stereocenters. The van der Waals surface area contributed by atoms with Crippen molar-refractivity contribution in [1.29, 1.82) is 0 Å². The fourth-order valence-corrected chi connectivity index (χ4v) is 2.01. The molecule has 0 spiro atoms. The fourth-order valence-electron chi connectivity index (χ4n) is 2.01. The summed E-state index contributed by atoms with van der Waals surface area (Å²) in [6.07, 6.45) is 0. The number of para-hydroxylation sites is 1. The lowest BCUT2D eigenvalue weighted by atomic mass is 9.96. The average Bonchev–Trinajstić information content (AvgIpc) is 2.50. The smallest absolute Gasteiger partial charge is 0.130 e. The van der Waals surface area contributed by atoms with E-state index in [1.807, 2.05) is 56.1 Å². The Morgan fingerprint density at radius 3 is 2.38 bits per heavy atom. The van der Waals surface area contributed by atoms with Crippen LogP contribution in [0.2, 0.25) is 0 Å². The highest BCUT2D eigenvalue weighted by atomic mass is 16.4. The highest BCUT2D eigenvalue weighted by molar-refractivity contribution is 6.46. The number of nitrogens with zero attached hydrogens (tertiary/aromatic N) is 3. The average molecular weight is 217 g/mol. The van der Waals surface area contributed by atoms with E-state index in [9.17, 15) is 0 Å². The van der Waals surface area contributed by atoms with Crippen LogP contribution in [0.3, 0.4) is 0 Å². The van der Waals surface area contributed by atoms with Crippen molar-refractivity contribution in [2.24, 2.45) is 10.3 Å². The molecule has 1 heterocycles. The van der Waals surface area contributed by atoms with Crippen LogP contribution in [0.4, 0.5) is 5.69 Å². The number of hydrazone groups is 1. The molecule has 4 heteroatoms. The van der Waals surface area contributed by atoms with Crippen LogP contribution in [-0.4, -0.2) is 22.2 Å². The summed E-state index contributed by atoms with van der Waals surface area (Å²) in [5.41, 5.74) is 1.93. The minimum atomic E-state index is -0.416.